The summed E-state index contributed by atoms with van der Waals surface area (Å²) in [5, 5.41) is 8.45. The highest BCUT2D eigenvalue weighted by molar-refractivity contribution is 5.76. The van der Waals surface area contributed by atoms with Crippen molar-refractivity contribution >= 4 is 5.91 Å². The Morgan fingerprint density at radius 3 is 2.80 bits per heavy atom. The standard InChI is InChI=1S/C18H31N5O2/c1-21(2)8-9-25-13-15-11-23(12-16-18(15)22(3)20-19-16)17(24)10-14-6-4-5-7-14/h14-15H,4-13H2,1-3H3/t15-/m0/s1. The second kappa shape index (κ2) is 8.27. The molecule has 0 spiro atoms. The molecule has 2 heterocycles. The van der Waals surface area contributed by atoms with Crippen LogP contribution in [-0.4, -0.2) is 71.1 Å². The van der Waals surface area contributed by atoms with Crippen molar-refractivity contribution in [3.8, 4) is 0 Å². The maximum absolute atomic E-state index is 12.8. The van der Waals surface area contributed by atoms with Gasteiger partial charge in [-0.3, -0.25) is 9.48 Å². The summed E-state index contributed by atoms with van der Waals surface area (Å²) in [6.07, 6.45) is 5.63. The minimum Gasteiger partial charge on any atom is -0.379 e. The van der Waals surface area contributed by atoms with Crippen LogP contribution in [0.5, 0.6) is 0 Å². The molecule has 2 aliphatic rings. The van der Waals surface area contributed by atoms with E-state index in [4.69, 9.17) is 4.74 Å². The Kier molecular flexibility index (Phi) is 6.06. The van der Waals surface area contributed by atoms with Crippen molar-refractivity contribution < 1.29 is 9.53 Å². The number of aryl methyl sites for hydroxylation is 1. The molecule has 3 rings (SSSR count). The summed E-state index contributed by atoms with van der Waals surface area (Å²) in [6, 6.07) is 0. The highest BCUT2D eigenvalue weighted by atomic mass is 16.5. The molecule has 1 aliphatic heterocycles. The van der Waals surface area contributed by atoms with Gasteiger partial charge in [0.2, 0.25) is 5.91 Å². The Morgan fingerprint density at radius 2 is 2.08 bits per heavy atom. The average Bonchev–Trinajstić information content (AvgIpc) is 3.21. The van der Waals surface area contributed by atoms with Crippen molar-refractivity contribution in [3.05, 3.63) is 11.4 Å². The van der Waals surface area contributed by atoms with Crippen LogP contribution in [0.15, 0.2) is 0 Å². The first kappa shape index (κ1) is 18.3. The number of aromatic nitrogens is 3. The van der Waals surface area contributed by atoms with E-state index in [1.165, 1.54) is 25.7 Å². The Bertz CT molecular complexity index is 580. The number of likely N-dealkylation sites (N-methyl/N-ethyl adjacent to an activating group) is 1. The zero-order chi connectivity index (χ0) is 17.8. The maximum atomic E-state index is 12.8. The average molecular weight is 349 g/mol. The summed E-state index contributed by atoms with van der Waals surface area (Å²) in [6.45, 7) is 3.49. The van der Waals surface area contributed by atoms with Gasteiger partial charge in [0.1, 0.15) is 5.69 Å². The highest BCUT2D eigenvalue weighted by Gasteiger charge is 2.33. The van der Waals surface area contributed by atoms with Gasteiger partial charge in [-0.1, -0.05) is 18.1 Å². The van der Waals surface area contributed by atoms with Crippen molar-refractivity contribution in [3.63, 3.8) is 0 Å². The van der Waals surface area contributed by atoms with Crippen molar-refractivity contribution in [2.24, 2.45) is 13.0 Å². The Labute approximate surface area is 150 Å². The van der Waals surface area contributed by atoms with E-state index in [-0.39, 0.29) is 11.8 Å². The molecule has 1 amide bonds. The molecule has 0 saturated heterocycles. The molecule has 1 aliphatic carbocycles. The molecular weight excluding hydrogens is 318 g/mol. The van der Waals surface area contributed by atoms with Crippen molar-refractivity contribution in [1.29, 1.82) is 0 Å². The molecule has 7 nitrogen and oxygen atoms in total. The van der Waals surface area contributed by atoms with E-state index in [9.17, 15) is 4.79 Å². The van der Waals surface area contributed by atoms with Crippen LogP contribution in [0.3, 0.4) is 0 Å². The first-order valence-corrected chi connectivity index (χ1v) is 9.43. The van der Waals surface area contributed by atoms with Crippen molar-refractivity contribution in [1.82, 2.24) is 24.8 Å². The molecule has 0 bridgehead atoms. The van der Waals surface area contributed by atoms with Gasteiger partial charge in [-0.2, -0.15) is 0 Å². The maximum Gasteiger partial charge on any atom is 0.223 e. The second-order valence-corrected chi connectivity index (χ2v) is 7.75. The number of carbonyl (C=O) groups excluding carboxylic acids is 1. The molecule has 0 radical (unpaired) electrons. The lowest BCUT2D eigenvalue weighted by molar-refractivity contribution is -0.133. The third-order valence-electron chi connectivity index (χ3n) is 5.40. The smallest absolute Gasteiger partial charge is 0.223 e. The van der Waals surface area contributed by atoms with Crippen LogP contribution >= 0.6 is 0 Å². The minimum absolute atomic E-state index is 0.151. The Balaban J connectivity index is 1.62. The number of hydrogen-bond acceptors (Lipinski definition) is 5. The van der Waals surface area contributed by atoms with Crippen molar-refractivity contribution in [2.45, 2.75) is 44.6 Å². The molecule has 0 aromatic carbocycles. The molecule has 7 heteroatoms. The van der Waals surface area contributed by atoms with Crippen LogP contribution in [0.4, 0.5) is 0 Å². The van der Waals surface area contributed by atoms with Crippen LogP contribution in [0.2, 0.25) is 0 Å². The zero-order valence-corrected chi connectivity index (χ0v) is 15.8. The zero-order valence-electron chi connectivity index (χ0n) is 15.8. The monoisotopic (exact) mass is 349 g/mol. The number of carbonyl (C=O) groups is 1. The molecule has 1 aromatic rings. The summed E-state index contributed by atoms with van der Waals surface area (Å²) in [4.78, 5) is 16.8. The molecule has 1 atom stereocenters. The largest absolute Gasteiger partial charge is 0.379 e. The molecule has 1 saturated carbocycles. The number of amides is 1. The lowest BCUT2D eigenvalue weighted by atomic mass is 9.97. The lowest BCUT2D eigenvalue weighted by Gasteiger charge is -2.33. The second-order valence-electron chi connectivity index (χ2n) is 7.75. The van der Waals surface area contributed by atoms with Gasteiger partial charge in [-0.05, 0) is 32.9 Å². The summed E-state index contributed by atoms with van der Waals surface area (Å²) in [5.74, 6) is 0.991. The van der Waals surface area contributed by atoms with Gasteiger partial charge in [0.15, 0.2) is 0 Å². The number of hydrogen-bond donors (Lipinski definition) is 0. The van der Waals surface area contributed by atoms with Gasteiger partial charge in [0, 0.05) is 32.5 Å². The molecular formula is C18H31N5O2. The van der Waals surface area contributed by atoms with E-state index in [2.05, 4.69) is 15.2 Å². The van der Waals surface area contributed by atoms with Gasteiger partial charge in [0.25, 0.3) is 0 Å². The van der Waals surface area contributed by atoms with Crippen LogP contribution < -0.4 is 0 Å². The van der Waals surface area contributed by atoms with Gasteiger partial charge in [-0.25, -0.2) is 0 Å². The molecule has 0 unspecified atom stereocenters. The van der Waals surface area contributed by atoms with E-state index in [0.717, 1.165) is 17.9 Å². The molecule has 1 aromatic heterocycles. The number of rotatable bonds is 7. The molecule has 1 fully saturated rings. The van der Waals surface area contributed by atoms with E-state index >= 15 is 0 Å². The highest BCUT2D eigenvalue weighted by Crippen LogP contribution is 2.31. The minimum atomic E-state index is 0.151. The SMILES string of the molecule is CN(C)CCOC[C@@H]1CN(C(=O)CC2CCCC2)Cc2nnn(C)c21. The van der Waals surface area contributed by atoms with Gasteiger partial charge >= 0.3 is 0 Å². The normalized spacial score (nSPS) is 21.1. The third kappa shape index (κ3) is 4.58. The fourth-order valence-corrected chi connectivity index (χ4v) is 4.00. The van der Waals surface area contributed by atoms with E-state index in [1.807, 2.05) is 30.7 Å². The van der Waals surface area contributed by atoms with Crippen LogP contribution in [0.1, 0.15) is 49.4 Å². The number of nitrogens with zero attached hydrogens (tertiary/aromatic N) is 5. The predicted molar refractivity (Wildman–Crippen MR) is 95.1 cm³/mol. The topological polar surface area (TPSA) is 63.5 Å². The predicted octanol–water partition coefficient (Wildman–Crippen LogP) is 1.40. The summed E-state index contributed by atoms with van der Waals surface area (Å²) in [5.41, 5.74) is 2.05. The Morgan fingerprint density at radius 1 is 1.32 bits per heavy atom. The number of ether oxygens (including phenoxy) is 1. The van der Waals surface area contributed by atoms with E-state index < -0.39 is 0 Å². The lowest BCUT2D eigenvalue weighted by Crippen LogP contribution is -2.41. The van der Waals surface area contributed by atoms with Crippen LogP contribution in [0.25, 0.3) is 0 Å². The van der Waals surface area contributed by atoms with Crippen LogP contribution in [-0.2, 0) is 23.1 Å². The molecule has 0 N–H and O–H groups in total. The van der Waals surface area contributed by atoms with Gasteiger partial charge in [0.05, 0.1) is 25.5 Å². The summed E-state index contributed by atoms with van der Waals surface area (Å²) < 4.78 is 7.72. The number of fused-ring (bicyclic) bond motifs is 1. The third-order valence-corrected chi connectivity index (χ3v) is 5.40. The quantitative estimate of drug-likeness (QED) is 0.696. The summed E-state index contributed by atoms with van der Waals surface area (Å²) in [7, 11) is 6.00. The fourth-order valence-electron chi connectivity index (χ4n) is 4.00. The van der Waals surface area contributed by atoms with Crippen LogP contribution in [0, 0.1) is 5.92 Å². The molecule has 140 valence electrons. The Hall–Kier alpha value is -1.47. The van der Waals surface area contributed by atoms with Gasteiger partial charge < -0.3 is 14.5 Å². The molecule has 25 heavy (non-hydrogen) atoms. The van der Waals surface area contributed by atoms with Crippen molar-refractivity contribution in [2.75, 3.05) is 40.4 Å². The first-order chi connectivity index (χ1) is 12.0. The fraction of sp³-hybridized carbons (Fsp3) is 0.833. The van der Waals surface area contributed by atoms with E-state index in [1.54, 1.807) is 0 Å². The van der Waals surface area contributed by atoms with E-state index in [0.29, 0.717) is 38.6 Å². The van der Waals surface area contributed by atoms with Gasteiger partial charge in [-0.15, -0.1) is 5.10 Å². The summed E-state index contributed by atoms with van der Waals surface area (Å²) >= 11 is 0. The first-order valence-electron chi connectivity index (χ1n) is 9.43.